The molecule has 7 nitrogen and oxygen atoms in total. The number of rotatable bonds is 7. The molecule has 0 bridgehead atoms. The van der Waals surface area contributed by atoms with Gasteiger partial charge in [0.15, 0.2) is 0 Å². The van der Waals surface area contributed by atoms with Crippen LogP contribution in [-0.4, -0.2) is 43.5 Å². The largest absolute Gasteiger partial charge is 0.468 e. The molecule has 3 aromatic carbocycles. The highest BCUT2D eigenvalue weighted by atomic mass is 35.5. The summed E-state index contributed by atoms with van der Waals surface area (Å²) in [4.78, 5) is 36.1. The average molecular weight is 536 g/mol. The number of carbonyl (C=O) groups is 3. The van der Waals surface area contributed by atoms with Crippen molar-refractivity contribution in [1.29, 1.82) is 0 Å². The first-order valence-corrected chi connectivity index (χ1v) is 13.1. The van der Waals surface area contributed by atoms with Crippen LogP contribution in [-0.2, 0) is 28.9 Å². The molecule has 0 radical (unpaired) electrons. The van der Waals surface area contributed by atoms with Crippen molar-refractivity contribution in [2.75, 3.05) is 20.2 Å². The fourth-order valence-electron chi connectivity index (χ4n) is 4.29. The SMILES string of the molecule is CCN(C)C(=O)c1ccc(CNC(=O)NC2c3ccccc3CCc3ccccc32)c(Cl)c1.CCOC=O. The third-order valence-electron chi connectivity index (χ3n) is 6.47. The third kappa shape index (κ3) is 7.35. The summed E-state index contributed by atoms with van der Waals surface area (Å²) >= 11 is 6.41. The number of halogens is 1. The predicted molar refractivity (Wildman–Crippen MR) is 149 cm³/mol. The lowest BCUT2D eigenvalue weighted by atomic mass is 9.95. The van der Waals surface area contributed by atoms with Crippen molar-refractivity contribution in [2.24, 2.45) is 0 Å². The number of hydrogen-bond donors (Lipinski definition) is 2. The lowest BCUT2D eigenvalue weighted by Crippen LogP contribution is -2.38. The zero-order chi connectivity index (χ0) is 27.5. The van der Waals surface area contributed by atoms with Crippen LogP contribution in [0, 0.1) is 0 Å². The molecule has 8 heteroatoms. The number of urea groups is 1. The molecule has 38 heavy (non-hydrogen) atoms. The second-order valence-electron chi connectivity index (χ2n) is 8.83. The minimum Gasteiger partial charge on any atom is -0.468 e. The van der Waals surface area contributed by atoms with Crippen LogP contribution in [0.1, 0.15) is 58.1 Å². The molecule has 0 fully saturated rings. The van der Waals surface area contributed by atoms with E-state index in [4.69, 9.17) is 11.6 Å². The molecule has 4 rings (SSSR count). The maximum Gasteiger partial charge on any atom is 0.315 e. The zero-order valence-electron chi connectivity index (χ0n) is 22.0. The number of nitrogens with zero attached hydrogens (tertiary/aromatic N) is 1. The second-order valence-corrected chi connectivity index (χ2v) is 9.24. The first-order valence-electron chi connectivity index (χ1n) is 12.7. The molecule has 0 saturated carbocycles. The molecule has 0 spiro atoms. The quantitative estimate of drug-likeness (QED) is 0.402. The Hall–Kier alpha value is -3.84. The first kappa shape index (κ1) is 28.7. The van der Waals surface area contributed by atoms with E-state index < -0.39 is 0 Å². The smallest absolute Gasteiger partial charge is 0.315 e. The Morgan fingerprint density at radius 1 is 1.00 bits per heavy atom. The monoisotopic (exact) mass is 535 g/mol. The third-order valence-corrected chi connectivity index (χ3v) is 6.82. The van der Waals surface area contributed by atoms with Crippen LogP contribution in [0.4, 0.5) is 4.79 Å². The van der Waals surface area contributed by atoms with Crippen LogP contribution in [0.5, 0.6) is 0 Å². The van der Waals surface area contributed by atoms with Crippen LogP contribution in [0.25, 0.3) is 0 Å². The lowest BCUT2D eigenvalue weighted by molar-refractivity contribution is -0.128. The Bertz CT molecular complexity index is 1220. The highest BCUT2D eigenvalue weighted by molar-refractivity contribution is 6.31. The summed E-state index contributed by atoms with van der Waals surface area (Å²) in [5.74, 6) is -0.0812. The van der Waals surface area contributed by atoms with Crippen molar-refractivity contribution in [3.05, 3.63) is 105 Å². The minimum atomic E-state index is -0.270. The van der Waals surface area contributed by atoms with Gasteiger partial charge in [0.1, 0.15) is 0 Å². The maximum atomic E-state index is 12.9. The highest BCUT2D eigenvalue weighted by Crippen LogP contribution is 2.32. The van der Waals surface area contributed by atoms with E-state index in [-0.39, 0.29) is 24.5 Å². The van der Waals surface area contributed by atoms with Gasteiger partial charge in [-0.15, -0.1) is 0 Å². The summed E-state index contributed by atoms with van der Waals surface area (Å²) in [6, 6.07) is 21.2. The average Bonchev–Trinajstić information content (AvgIpc) is 3.09. The molecule has 1 aliphatic rings. The van der Waals surface area contributed by atoms with Crippen LogP contribution in [0.3, 0.4) is 0 Å². The lowest BCUT2D eigenvalue weighted by Gasteiger charge is -2.22. The van der Waals surface area contributed by atoms with E-state index in [0.29, 0.717) is 30.2 Å². The van der Waals surface area contributed by atoms with E-state index >= 15 is 0 Å². The summed E-state index contributed by atoms with van der Waals surface area (Å²) < 4.78 is 4.15. The minimum absolute atomic E-state index is 0.0812. The predicted octanol–water partition coefficient (Wildman–Crippen LogP) is 5.30. The summed E-state index contributed by atoms with van der Waals surface area (Å²) in [6.07, 6.45) is 1.89. The van der Waals surface area contributed by atoms with Crippen LogP contribution in [0.15, 0.2) is 66.7 Å². The number of hydrogen-bond acceptors (Lipinski definition) is 4. The van der Waals surface area contributed by atoms with Crippen molar-refractivity contribution in [3.8, 4) is 0 Å². The fourth-order valence-corrected chi connectivity index (χ4v) is 4.54. The van der Waals surface area contributed by atoms with Gasteiger partial charge in [-0.25, -0.2) is 4.79 Å². The van der Waals surface area contributed by atoms with Gasteiger partial charge in [0.2, 0.25) is 0 Å². The molecule has 0 saturated heterocycles. The highest BCUT2D eigenvalue weighted by Gasteiger charge is 2.24. The van der Waals surface area contributed by atoms with Gasteiger partial charge in [0.25, 0.3) is 12.4 Å². The van der Waals surface area contributed by atoms with Gasteiger partial charge in [-0.1, -0.05) is 66.2 Å². The summed E-state index contributed by atoms with van der Waals surface area (Å²) in [6.45, 7) is 5.46. The molecule has 200 valence electrons. The van der Waals surface area contributed by atoms with Crippen LogP contribution >= 0.6 is 11.6 Å². The zero-order valence-corrected chi connectivity index (χ0v) is 22.8. The number of fused-ring (bicyclic) bond motifs is 2. The van der Waals surface area contributed by atoms with Gasteiger partial charge in [-0.3, -0.25) is 9.59 Å². The summed E-state index contributed by atoms with van der Waals surface area (Å²) in [7, 11) is 1.75. The van der Waals surface area contributed by atoms with E-state index in [1.807, 2.05) is 31.2 Å². The van der Waals surface area contributed by atoms with Gasteiger partial charge >= 0.3 is 6.03 Å². The summed E-state index contributed by atoms with van der Waals surface area (Å²) in [5, 5.41) is 6.54. The van der Waals surface area contributed by atoms with E-state index in [2.05, 4.69) is 39.6 Å². The maximum absolute atomic E-state index is 12.9. The van der Waals surface area contributed by atoms with Crippen molar-refractivity contribution in [1.82, 2.24) is 15.5 Å². The normalized spacial score (nSPS) is 12.0. The summed E-state index contributed by atoms with van der Waals surface area (Å²) in [5.41, 5.74) is 6.03. The Labute approximate surface area is 229 Å². The van der Waals surface area contributed by atoms with E-state index in [1.54, 1.807) is 37.1 Å². The van der Waals surface area contributed by atoms with Gasteiger partial charge in [-0.05, 0) is 66.6 Å². The molecule has 0 heterocycles. The number of benzene rings is 3. The molecule has 3 aromatic rings. The molecule has 3 amide bonds. The van der Waals surface area contributed by atoms with Gasteiger partial charge in [-0.2, -0.15) is 0 Å². The van der Waals surface area contributed by atoms with Crippen molar-refractivity contribution >= 4 is 30.0 Å². The van der Waals surface area contributed by atoms with Crippen molar-refractivity contribution in [2.45, 2.75) is 39.3 Å². The van der Waals surface area contributed by atoms with Crippen LogP contribution < -0.4 is 10.6 Å². The van der Waals surface area contributed by atoms with Gasteiger partial charge in [0.05, 0.1) is 12.6 Å². The molecule has 0 aromatic heterocycles. The van der Waals surface area contributed by atoms with Crippen molar-refractivity contribution < 1.29 is 19.1 Å². The number of amides is 3. The Kier molecular flexibility index (Phi) is 10.7. The van der Waals surface area contributed by atoms with Gasteiger partial charge in [0, 0.05) is 30.7 Å². The van der Waals surface area contributed by atoms with E-state index in [0.717, 1.165) is 29.5 Å². The molecule has 1 aliphatic carbocycles. The van der Waals surface area contributed by atoms with Crippen molar-refractivity contribution in [3.63, 3.8) is 0 Å². The fraction of sp³-hybridized carbons (Fsp3) is 0.300. The second kappa shape index (κ2) is 14.2. The van der Waals surface area contributed by atoms with E-state index in [9.17, 15) is 14.4 Å². The Morgan fingerprint density at radius 2 is 1.61 bits per heavy atom. The van der Waals surface area contributed by atoms with Gasteiger partial charge < -0.3 is 20.3 Å². The van der Waals surface area contributed by atoms with E-state index in [1.165, 1.54) is 11.1 Å². The number of carbonyl (C=O) groups excluding carboxylic acids is 3. The van der Waals surface area contributed by atoms with Crippen LogP contribution in [0.2, 0.25) is 5.02 Å². The molecule has 0 atom stereocenters. The molecule has 0 unspecified atom stereocenters. The Morgan fingerprint density at radius 3 is 2.11 bits per heavy atom. The number of nitrogens with one attached hydrogen (secondary N) is 2. The first-order chi connectivity index (χ1) is 18.4. The molecule has 0 aliphatic heterocycles. The molecular formula is C30H34ClN3O4. The number of ether oxygens (including phenoxy) is 1. The Balaban J connectivity index is 0.000000732. The molecule has 2 N–H and O–H groups in total. The topological polar surface area (TPSA) is 87.7 Å². The molecular weight excluding hydrogens is 502 g/mol. The number of aryl methyl sites for hydroxylation is 2. The standard InChI is InChI=1S/C27H28ClN3O2.C3H6O2/c1-3-31(2)26(32)20-14-15-21(24(28)16-20)17-29-27(33)30-25-22-10-6-4-8-18(22)12-13-19-9-5-7-11-23(19)25;1-2-5-3-4/h4-11,14-16,25H,3,12-13,17H2,1-2H3,(H2,29,30,33);3H,2H2,1H3.